The molecule has 0 saturated heterocycles. The average Bonchev–Trinajstić information content (AvgIpc) is 2.72. The molecule has 0 radical (unpaired) electrons. The third-order valence-corrected chi connectivity index (χ3v) is 5.94. The topological polar surface area (TPSA) is 76.6 Å². The van der Waals surface area contributed by atoms with Crippen molar-refractivity contribution in [1.82, 2.24) is 4.98 Å². The maximum atomic E-state index is 13.1. The van der Waals surface area contributed by atoms with Crippen molar-refractivity contribution in [1.29, 1.82) is 0 Å². The number of carbonyl (C=O) groups excluding carboxylic acids is 1. The van der Waals surface area contributed by atoms with Gasteiger partial charge < -0.3 is 4.74 Å². The number of nitrogens with zero attached hydrogens (tertiary/aromatic N) is 2. The first-order valence-electron chi connectivity index (χ1n) is 8.71. The number of hydrogen-bond acceptors (Lipinski definition) is 5. The smallest absolute Gasteiger partial charge is 0.264 e. The molecule has 0 N–H and O–H groups in total. The maximum absolute atomic E-state index is 13.1. The van der Waals surface area contributed by atoms with Crippen LogP contribution < -0.4 is 9.04 Å². The number of Topliss-reactive ketones (excluding diaryl/α,β-unsaturated/α-hetero) is 1. The molecule has 0 atom stereocenters. The first-order chi connectivity index (χ1) is 13.5. The van der Waals surface area contributed by atoms with Crippen molar-refractivity contribution in [2.45, 2.75) is 11.8 Å². The van der Waals surface area contributed by atoms with Crippen LogP contribution in [0, 0.1) is 0 Å². The summed E-state index contributed by atoms with van der Waals surface area (Å²) in [5.41, 5.74) is 0.950. The molecule has 0 fully saturated rings. The van der Waals surface area contributed by atoms with Crippen molar-refractivity contribution in [3.8, 4) is 5.75 Å². The monoisotopic (exact) mass is 396 g/mol. The minimum Gasteiger partial charge on any atom is -0.491 e. The SMILES string of the molecule is CC(=O)c1ccccc1OCCN(c1ccncc1)S(=O)(=O)c1ccccc1. The van der Waals surface area contributed by atoms with Gasteiger partial charge in [0.15, 0.2) is 5.78 Å². The van der Waals surface area contributed by atoms with E-state index in [0.717, 1.165) is 0 Å². The van der Waals surface area contributed by atoms with Gasteiger partial charge in [-0.1, -0.05) is 30.3 Å². The molecule has 0 saturated carbocycles. The molecule has 2 aromatic carbocycles. The predicted octanol–water partition coefficient (Wildman–Crippen LogP) is 3.56. The lowest BCUT2D eigenvalue weighted by atomic mass is 10.1. The van der Waals surface area contributed by atoms with Crippen LogP contribution >= 0.6 is 0 Å². The molecule has 0 amide bonds. The number of benzene rings is 2. The molecular formula is C21H20N2O4S. The number of ketones is 1. The third-order valence-electron chi connectivity index (χ3n) is 4.10. The van der Waals surface area contributed by atoms with Crippen LogP contribution in [0.15, 0.2) is 84.0 Å². The second-order valence-electron chi connectivity index (χ2n) is 6.00. The Morgan fingerprint density at radius 3 is 2.29 bits per heavy atom. The van der Waals surface area contributed by atoms with Gasteiger partial charge in [-0.15, -0.1) is 0 Å². The van der Waals surface area contributed by atoms with Crippen LogP contribution in [0.1, 0.15) is 17.3 Å². The standard InChI is InChI=1S/C21H20N2O4S/c1-17(24)20-9-5-6-10-21(20)27-16-15-23(18-11-13-22-14-12-18)28(25,26)19-7-3-2-4-8-19/h2-14H,15-16H2,1H3. The summed E-state index contributed by atoms with van der Waals surface area (Å²) >= 11 is 0. The number of aromatic nitrogens is 1. The molecule has 3 rings (SSSR count). The van der Waals surface area contributed by atoms with Gasteiger partial charge in [0.2, 0.25) is 0 Å². The van der Waals surface area contributed by atoms with E-state index in [1.54, 1.807) is 66.7 Å². The molecule has 0 unspecified atom stereocenters. The van der Waals surface area contributed by atoms with Crippen molar-refractivity contribution in [2.24, 2.45) is 0 Å². The Labute approximate surface area is 164 Å². The summed E-state index contributed by atoms with van der Waals surface area (Å²) in [6.45, 7) is 1.62. The number of ether oxygens (including phenoxy) is 1. The molecule has 0 spiro atoms. The zero-order chi connectivity index (χ0) is 20.0. The summed E-state index contributed by atoms with van der Waals surface area (Å²) in [7, 11) is -3.78. The molecule has 0 aliphatic rings. The zero-order valence-corrected chi connectivity index (χ0v) is 16.2. The van der Waals surface area contributed by atoms with Crippen molar-refractivity contribution in [3.05, 3.63) is 84.7 Å². The van der Waals surface area contributed by atoms with Crippen molar-refractivity contribution < 1.29 is 17.9 Å². The molecule has 1 heterocycles. The van der Waals surface area contributed by atoms with Crippen LogP contribution in [0.2, 0.25) is 0 Å². The molecule has 1 aromatic heterocycles. The number of pyridine rings is 1. The zero-order valence-electron chi connectivity index (χ0n) is 15.4. The van der Waals surface area contributed by atoms with Gasteiger partial charge in [0, 0.05) is 12.4 Å². The summed E-state index contributed by atoms with van der Waals surface area (Å²) in [6.07, 6.45) is 3.07. The first-order valence-corrected chi connectivity index (χ1v) is 10.1. The highest BCUT2D eigenvalue weighted by atomic mass is 32.2. The fourth-order valence-corrected chi connectivity index (χ4v) is 4.21. The van der Waals surface area contributed by atoms with E-state index in [4.69, 9.17) is 4.74 Å². The number of anilines is 1. The summed E-state index contributed by atoms with van der Waals surface area (Å²) in [5, 5.41) is 0. The van der Waals surface area contributed by atoms with Crippen LogP contribution in [0.25, 0.3) is 0 Å². The van der Waals surface area contributed by atoms with Crippen LogP contribution in [0.3, 0.4) is 0 Å². The maximum Gasteiger partial charge on any atom is 0.264 e. The summed E-state index contributed by atoms with van der Waals surface area (Å²) in [4.78, 5) is 15.9. The fraction of sp³-hybridized carbons (Fsp3) is 0.143. The Balaban J connectivity index is 1.85. The second-order valence-corrected chi connectivity index (χ2v) is 7.86. The Kier molecular flexibility index (Phi) is 6.06. The number of rotatable bonds is 8. The predicted molar refractivity (Wildman–Crippen MR) is 107 cm³/mol. The van der Waals surface area contributed by atoms with E-state index in [1.807, 2.05) is 0 Å². The van der Waals surface area contributed by atoms with Crippen molar-refractivity contribution in [3.63, 3.8) is 0 Å². The number of carbonyl (C=O) groups is 1. The molecule has 0 aliphatic carbocycles. The highest BCUT2D eigenvalue weighted by molar-refractivity contribution is 7.92. The van der Waals surface area contributed by atoms with Gasteiger partial charge in [-0.2, -0.15) is 0 Å². The normalized spacial score (nSPS) is 11.0. The van der Waals surface area contributed by atoms with Gasteiger partial charge in [0.25, 0.3) is 10.0 Å². The third kappa shape index (κ3) is 4.37. The van der Waals surface area contributed by atoms with Gasteiger partial charge in [0.05, 0.1) is 22.7 Å². The van der Waals surface area contributed by atoms with Gasteiger partial charge in [0.1, 0.15) is 12.4 Å². The van der Waals surface area contributed by atoms with Crippen LogP contribution in [0.5, 0.6) is 5.75 Å². The van der Waals surface area contributed by atoms with E-state index in [9.17, 15) is 13.2 Å². The number of sulfonamides is 1. The number of para-hydroxylation sites is 1. The highest BCUT2D eigenvalue weighted by Crippen LogP contribution is 2.23. The lowest BCUT2D eigenvalue weighted by Gasteiger charge is -2.24. The summed E-state index contributed by atoms with van der Waals surface area (Å²) in [6, 6.07) is 18.4. The molecule has 144 valence electrons. The van der Waals surface area contributed by atoms with Gasteiger partial charge in [-0.05, 0) is 43.3 Å². The average molecular weight is 396 g/mol. The van der Waals surface area contributed by atoms with Crippen LogP contribution in [-0.2, 0) is 10.0 Å². The van der Waals surface area contributed by atoms with Gasteiger partial charge in [-0.3, -0.25) is 14.1 Å². The minimum absolute atomic E-state index is 0.0769. The summed E-state index contributed by atoms with van der Waals surface area (Å²) in [5.74, 6) is 0.320. The lowest BCUT2D eigenvalue weighted by Crippen LogP contribution is -2.34. The molecule has 7 heteroatoms. The van der Waals surface area contributed by atoms with Crippen molar-refractivity contribution in [2.75, 3.05) is 17.5 Å². The molecular weight excluding hydrogens is 376 g/mol. The van der Waals surface area contributed by atoms with E-state index < -0.39 is 10.0 Å². The Hall–Kier alpha value is -3.19. The van der Waals surface area contributed by atoms with E-state index in [1.165, 1.54) is 23.6 Å². The van der Waals surface area contributed by atoms with Crippen LogP contribution in [-0.4, -0.2) is 32.3 Å². The molecule has 0 aliphatic heterocycles. The Bertz CT molecular complexity index is 1040. The molecule has 28 heavy (non-hydrogen) atoms. The van der Waals surface area contributed by atoms with Crippen LogP contribution in [0.4, 0.5) is 5.69 Å². The first kappa shape index (κ1) is 19.6. The Morgan fingerprint density at radius 1 is 0.964 bits per heavy atom. The van der Waals surface area contributed by atoms with E-state index in [-0.39, 0.29) is 23.8 Å². The van der Waals surface area contributed by atoms with Crippen molar-refractivity contribution >= 4 is 21.5 Å². The molecule has 3 aromatic rings. The minimum atomic E-state index is -3.78. The highest BCUT2D eigenvalue weighted by Gasteiger charge is 2.24. The summed E-state index contributed by atoms with van der Waals surface area (Å²) < 4.78 is 33.3. The van der Waals surface area contributed by atoms with E-state index in [0.29, 0.717) is 17.0 Å². The lowest BCUT2D eigenvalue weighted by molar-refractivity contribution is 0.101. The quantitative estimate of drug-likeness (QED) is 0.544. The van der Waals surface area contributed by atoms with E-state index in [2.05, 4.69) is 4.98 Å². The van der Waals surface area contributed by atoms with Gasteiger partial charge in [-0.25, -0.2) is 8.42 Å². The second kappa shape index (κ2) is 8.67. The fourth-order valence-electron chi connectivity index (χ4n) is 2.74. The molecule has 0 bridgehead atoms. The molecule has 6 nitrogen and oxygen atoms in total. The van der Waals surface area contributed by atoms with Gasteiger partial charge >= 0.3 is 0 Å². The Morgan fingerprint density at radius 2 is 1.61 bits per heavy atom. The van der Waals surface area contributed by atoms with E-state index >= 15 is 0 Å². The largest absolute Gasteiger partial charge is 0.491 e. The number of hydrogen-bond donors (Lipinski definition) is 0.